The van der Waals surface area contributed by atoms with Crippen molar-refractivity contribution in [3.8, 4) is 17.2 Å². The molecule has 2 aromatic rings. The summed E-state index contributed by atoms with van der Waals surface area (Å²) in [5, 5.41) is 0.532. The van der Waals surface area contributed by atoms with Gasteiger partial charge < -0.3 is 23.7 Å². The third-order valence-electron chi connectivity index (χ3n) is 3.89. The number of hydrogen-bond donors (Lipinski definition) is 0. The molecule has 1 atom stereocenters. The number of hydrogen-bond acceptors (Lipinski definition) is 6. The molecule has 0 aromatic heterocycles. The second kappa shape index (κ2) is 6.82. The van der Waals surface area contributed by atoms with Crippen LogP contribution < -0.4 is 14.2 Å². The van der Waals surface area contributed by atoms with Crippen LogP contribution in [0, 0.1) is 0 Å². The minimum absolute atomic E-state index is 0.0310. The highest BCUT2D eigenvalue weighted by Crippen LogP contribution is 2.33. The average Bonchev–Trinajstić information content (AvgIpc) is 2.65. The van der Waals surface area contributed by atoms with Gasteiger partial charge in [0.25, 0.3) is 0 Å². The summed E-state index contributed by atoms with van der Waals surface area (Å²) in [6, 6.07) is 10.7. The molecular formula is C18H15ClO6. The maximum absolute atomic E-state index is 12.3. The molecule has 0 saturated heterocycles. The number of ether oxygens (including phenoxy) is 5. The Bertz CT molecular complexity index is 806. The van der Waals surface area contributed by atoms with Gasteiger partial charge in [-0.25, -0.2) is 4.79 Å². The Kier molecular flexibility index (Phi) is 4.38. The molecule has 0 unspecified atom stereocenters. The van der Waals surface area contributed by atoms with Crippen molar-refractivity contribution in [3.05, 3.63) is 52.5 Å². The van der Waals surface area contributed by atoms with E-state index in [1.165, 1.54) is 0 Å². The first-order chi connectivity index (χ1) is 12.2. The highest BCUT2D eigenvalue weighted by Gasteiger charge is 2.29. The third-order valence-corrected chi connectivity index (χ3v) is 4.11. The van der Waals surface area contributed by atoms with Crippen LogP contribution in [0.4, 0.5) is 0 Å². The first kappa shape index (κ1) is 16.1. The number of benzene rings is 2. The number of para-hydroxylation sites is 2. The molecule has 25 heavy (non-hydrogen) atoms. The molecular weight excluding hydrogens is 348 g/mol. The zero-order chi connectivity index (χ0) is 17.2. The number of halogens is 1. The molecule has 0 amide bonds. The van der Waals surface area contributed by atoms with E-state index in [1.807, 2.05) is 12.1 Å². The lowest BCUT2D eigenvalue weighted by atomic mass is 10.1. The normalized spacial score (nSPS) is 18.0. The number of esters is 1. The summed E-state index contributed by atoms with van der Waals surface area (Å²) in [5.41, 5.74) is 1.52. The van der Waals surface area contributed by atoms with Gasteiger partial charge in [0.15, 0.2) is 18.3 Å². The summed E-state index contributed by atoms with van der Waals surface area (Å²) in [4.78, 5) is 12.3. The molecule has 0 N–H and O–H groups in total. The molecule has 0 radical (unpaired) electrons. The van der Waals surface area contributed by atoms with Crippen molar-refractivity contribution in [2.45, 2.75) is 19.3 Å². The summed E-state index contributed by atoms with van der Waals surface area (Å²) in [7, 11) is 0. The highest BCUT2D eigenvalue weighted by atomic mass is 35.5. The Morgan fingerprint density at radius 1 is 1.20 bits per heavy atom. The lowest BCUT2D eigenvalue weighted by molar-refractivity contribution is -0.156. The van der Waals surface area contributed by atoms with Gasteiger partial charge in [-0.15, -0.1) is 0 Å². The average molecular weight is 363 g/mol. The Hall–Kier alpha value is -2.44. The van der Waals surface area contributed by atoms with Crippen molar-refractivity contribution in [1.82, 2.24) is 0 Å². The number of fused-ring (bicyclic) bond motifs is 2. The van der Waals surface area contributed by atoms with E-state index in [2.05, 4.69) is 0 Å². The predicted octanol–water partition coefficient (Wildman–Crippen LogP) is 3.09. The fourth-order valence-electron chi connectivity index (χ4n) is 2.74. The number of rotatable bonds is 3. The molecule has 7 heteroatoms. The minimum atomic E-state index is -0.811. The SMILES string of the molecule is O=C(OCc1cc(Cl)cc2c1OCOC2)[C@@H]1COc2ccccc2O1. The second-order valence-corrected chi connectivity index (χ2v) is 6.07. The van der Waals surface area contributed by atoms with Gasteiger partial charge in [-0.05, 0) is 24.3 Å². The maximum atomic E-state index is 12.3. The molecule has 2 heterocycles. The van der Waals surface area contributed by atoms with Crippen molar-refractivity contribution in [2.75, 3.05) is 13.4 Å². The third kappa shape index (κ3) is 3.36. The summed E-state index contributed by atoms with van der Waals surface area (Å²) in [6.45, 7) is 0.705. The van der Waals surface area contributed by atoms with Gasteiger partial charge in [0.05, 0.1) is 6.61 Å². The fourth-order valence-corrected chi connectivity index (χ4v) is 3.00. The Labute approximate surface area is 149 Å². The zero-order valence-corrected chi connectivity index (χ0v) is 14.0. The maximum Gasteiger partial charge on any atom is 0.351 e. The van der Waals surface area contributed by atoms with Crippen LogP contribution in [0.1, 0.15) is 11.1 Å². The van der Waals surface area contributed by atoms with Crippen molar-refractivity contribution in [1.29, 1.82) is 0 Å². The van der Waals surface area contributed by atoms with Gasteiger partial charge >= 0.3 is 5.97 Å². The lowest BCUT2D eigenvalue weighted by Crippen LogP contribution is -2.37. The molecule has 2 aliphatic heterocycles. The fraction of sp³-hybridized carbons (Fsp3) is 0.278. The van der Waals surface area contributed by atoms with E-state index >= 15 is 0 Å². The standard InChI is InChI=1S/C18H15ClO6/c19-13-5-11-7-21-10-24-17(11)12(6-13)8-23-18(20)16-9-22-14-3-1-2-4-15(14)25-16/h1-6,16H,7-10H2/t16-/m0/s1. The van der Waals surface area contributed by atoms with Crippen LogP contribution in [0.3, 0.4) is 0 Å². The van der Waals surface area contributed by atoms with Gasteiger partial charge in [0, 0.05) is 16.1 Å². The largest absolute Gasteiger partial charge is 0.485 e. The molecule has 2 aliphatic rings. The topological polar surface area (TPSA) is 63.2 Å². The Morgan fingerprint density at radius 2 is 2.04 bits per heavy atom. The van der Waals surface area contributed by atoms with E-state index in [-0.39, 0.29) is 20.0 Å². The molecule has 0 spiro atoms. The van der Waals surface area contributed by atoms with E-state index in [0.29, 0.717) is 34.4 Å². The molecule has 130 valence electrons. The van der Waals surface area contributed by atoms with E-state index in [1.54, 1.807) is 24.3 Å². The minimum Gasteiger partial charge on any atom is -0.485 e. The summed E-state index contributed by atoms with van der Waals surface area (Å²) in [6.07, 6.45) is -0.811. The number of carbonyl (C=O) groups is 1. The first-order valence-corrected chi connectivity index (χ1v) is 8.15. The van der Waals surface area contributed by atoms with Crippen LogP contribution in [-0.4, -0.2) is 25.5 Å². The molecule has 2 aromatic carbocycles. The van der Waals surface area contributed by atoms with Gasteiger partial charge in [0.2, 0.25) is 6.10 Å². The molecule has 4 rings (SSSR count). The number of carbonyl (C=O) groups excluding carboxylic acids is 1. The predicted molar refractivity (Wildman–Crippen MR) is 87.9 cm³/mol. The van der Waals surface area contributed by atoms with Crippen LogP contribution in [0.2, 0.25) is 5.02 Å². The van der Waals surface area contributed by atoms with Gasteiger partial charge in [-0.2, -0.15) is 0 Å². The van der Waals surface area contributed by atoms with Crippen molar-refractivity contribution in [2.24, 2.45) is 0 Å². The molecule has 6 nitrogen and oxygen atoms in total. The van der Waals surface area contributed by atoms with Crippen molar-refractivity contribution >= 4 is 17.6 Å². The van der Waals surface area contributed by atoms with Crippen LogP contribution >= 0.6 is 11.6 Å². The Balaban J connectivity index is 1.44. The summed E-state index contributed by atoms with van der Waals surface area (Å²) in [5.74, 6) is 1.28. The van der Waals surface area contributed by atoms with E-state index in [9.17, 15) is 4.79 Å². The van der Waals surface area contributed by atoms with Crippen LogP contribution in [-0.2, 0) is 27.5 Å². The van der Waals surface area contributed by atoms with E-state index in [4.69, 9.17) is 35.3 Å². The summed E-state index contributed by atoms with van der Waals surface area (Å²) >= 11 is 6.11. The first-order valence-electron chi connectivity index (χ1n) is 7.77. The van der Waals surface area contributed by atoms with Crippen LogP contribution in [0.15, 0.2) is 36.4 Å². The highest BCUT2D eigenvalue weighted by molar-refractivity contribution is 6.30. The molecule has 0 bridgehead atoms. The van der Waals surface area contributed by atoms with Crippen LogP contribution in [0.25, 0.3) is 0 Å². The smallest absolute Gasteiger partial charge is 0.351 e. The van der Waals surface area contributed by atoms with Gasteiger partial charge in [0.1, 0.15) is 19.0 Å². The van der Waals surface area contributed by atoms with Gasteiger partial charge in [-0.1, -0.05) is 23.7 Å². The summed E-state index contributed by atoms with van der Waals surface area (Å²) < 4.78 is 27.3. The van der Waals surface area contributed by atoms with Crippen LogP contribution in [0.5, 0.6) is 17.2 Å². The quantitative estimate of drug-likeness (QED) is 0.782. The second-order valence-electron chi connectivity index (χ2n) is 5.64. The van der Waals surface area contributed by atoms with Crippen molar-refractivity contribution < 1.29 is 28.5 Å². The Morgan fingerprint density at radius 3 is 2.92 bits per heavy atom. The lowest BCUT2D eigenvalue weighted by Gasteiger charge is -2.25. The van der Waals surface area contributed by atoms with E-state index in [0.717, 1.165) is 5.56 Å². The van der Waals surface area contributed by atoms with Gasteiger partial charge in [-0.3, -0.25) is 0 Å². The molecule has 0 saturated carbocycles. The molecule has 0 fully saturated rings. The van der Waals surface area contributed by atoms with E-state index < -0.39 is 12.1 Å². The zero-order valence-electron chi connectivity index (χ0n) is 13.2. The monoisotopic (exact) mass is 362 g/mol. The molecule has 0 aliphatic carbocycles. The van der Waals surface area contributed by atoms with Crippen molar-refractivity contribution in [3.63, 3.8) is 0 Å².